The smallest absolute Gasteiger partial charge is 0.353 e. The van der Waals surface area contributed by atoms with E-state index in [1.54, 1.807) is 46.6 Å². The molecule has 0 amide bonds. The SMILES string of the molecule is CN(C)c1nc(=O)n2c3c1nnn3C[C@H]1O[C@@H]2C(O)C1O.Cn1c(=O)c2nnn3c2n(c1=O)[C@@H]1O[C@H](C3)C(O)C1O.N#CCn1c(=O)c2nnn3c2n(c1=O)[C@@H]1O[C@H](C3)C(O)C1O.O=c1ccc2nnn3c2n1[C@@H]1O[C@H](C3)C2OC(=S)OC21.O=c1ccc2nnn3c2n1[C@H]1CC(O)[C@@H](C3)O1. The van der Waals surface area contributed by atoms with Gasteiger partial charge in [-0.05, 0) is 12.1 Å². The molecule has 46 nitrogen and oxygen atoms in total. The second kappa shape index (κ2) is 22.8. The third kappa shape index (κ3) is 9.18. The van der Waals surface area contributed by atoms with Gasteiger partial charge in [-0.15, -0.1) is 25.5 Å². The van der Waals surface area contributed by atoms with E-state index in [0.29, 0.717) is 63.4 Å². The molecule has 100 heavy (non-hydrogen) atoms. The molecular formula is C53H53N25O21S. The summed E-state index contributed by atoms with van der Waals surface area (Å²) < 4.78 is 54.6. The number of thiocarbonyl (C=S) groups is 1. The third-order valence-electron chi connectivity index (χ3n) is 19.2. The number of pyridine rings is 2. The van der Waals surface area contributed by atoms with Gasteiger partial charge in [-0.2, -0.15) is 10.2 Å². The van der Waals surface area contributed by atoms with E-state index in [9.17, 15) is 69.3 Å². The predicted octanol–water partition coefficient (Wildman–Crippen LogP) is -9.65. The molecule has 0 aromatic carbocycles. The number of hydrogen-bond acceptors (Lipinski definition) is 35. The van der Waals surface area contributed by atoms with Crippen molar-refractivity contribution in [2.24, 2.45) is 7.05 Å². The number of ether oxygens (including phenoxy) is 7. The second-order valence-corrected chi connectivity index (χ2v) is 25.5. The maximum atomic E-state index is 12.5. The summed E-state index contributed by atoms with van der Waals surface area (Å²) in [5.41, 5.74) is 0.147. The van der Waals surface area contributed by atoms with Crippen molar-refractivity contribution in [2.75, 3.05) is 19.0 Å². The van der Waals surface area contributed by atoms with E-state index in [0.717, 1.165) is 13.7 Å². The summed E-state index contributed by atoms with van der Waals surface area (Å²) in [4.78, 5) is 91.2. The summed E-state index contributed by atoms with van der Waals surface area (Å²) in [6.45, 7) is 0.780. The van der Waals surface area contributed by atoms with Crippen molar-refractivity contribution in [1.82, 2.24) is 112 Å². The summed E-state index contributed by atoms with van der Waals surface area (Å²) >= 11 is 4.95. The minimum Gasteiger partial charge on any atom is -0.447 e. The van der Waals surface area contributed by atoms with E-state index < -0.39 is 133 Å². The van der Waals surface area contributed by atoms with Gasteiger partial charge in [-0.25, -0.2) is 56.1 Å². The van der Waals surface area contributed by atoms with Gasteiger partial charge < -0.3 is 73.8 Å². The highest BCUT2D eigenvalue weighted by atomic mass is 32.1. The lowest BCUT2D eigenvalue weighted by atomic mass is 10.1. The molecule has 0 radical (unpaired) electrons. The van der Waals surface area contributed by atoms with Gasteiger partial charge in [0.25, 0.3) is 22.2 Å². The van der Waals surface area contributed by atoms with E-state index in [-0.39, 0.29) is 76.6 Å². The first-order valence-electron chi connectivity index (χ1n) is 30.8. The van der Waals surface area contributed by atoms with E-state index in [1.165, 1.54) is 46.9 Å². The number of hydrogen-bond donors (Lipinski definition) is 7. The molecule has 10 aromatic rings. The Balaban J connectivity index is 0.0000000936. The Kier molecular flexibility index (Phi) is 14.4. The largest absolute Gasteiger partial charge is 0.447 e. The summed E-state index contributed by atoms with van der Waals surface area (Å²) in [5.74, 6) is 0.408. The van der Waals surface area contributed by atoms with Gasteiger partial charge in [-0.3, -0.25) is 32.9 Å². The first-order valence-corrected chi connectivity index (χ1v) is 31.2. The van der Waals surface area contributed by atoms with Gasteiger partial charge in [0, 0.05) is 51.9 Å². The number of aromatic nitrogens is 23. The average Bonchev–Trinajstić information content (AvgIpc) is 1.62. The zero-order valence-corrected chi connectivity index (χ0v) is 52.5. The van der Waals surface area contributed by atoms with Gasteiger partial charge in [0.1, 0.15) is 90.9 Å². The Labute approximate surface area is 555 Å². The summed E-state index contributed by atoms with van der Waals surface area (Å²) in [6.07, 6.45) is -14.9. The number of aliphatic hydroxyl groups excluding tert-OH is 7. The van der Waals surface area contributed by atoms with Crippen LogP contribution in [-0.4, -0.2) is 252 Å². The van der Waals surface area contributed by atoms with Gasteiger partial charge in [0.15, 0.2) is 87.7 Å². The number of rotatable bonds is 2. The maximum Gasteiger partial charge on any atom is 0.353 e. The van der Waals surface area contributed by atoms with Crippen molar-refractivity contribution in [3.8, 4) is 6.07 Å². The Bertz CT molecular complexity index is 5600. The highest BCUT2D eigenvalue weighted by Gasteiger charge is 2.57. The van der Waals surface area contributed by atoms with Gasteiger partial charge in [0.2, 0.25) is 0 Å². The molecule has 21 heterocycles. The van der Waals surface area contributed by atoms with E-state index in [2.05, 4.69) is 56.5 Å². The van der Waals surface area contributed by atoms with Crippen LogP contribution in [0.1, 0.15) is 37.6 Å². The lowest BCUT2D eigenvalue weighted by Gasteiger charge is -2.20. The molecule has 7 N–H and O–H groups in total. The van der Waals surface area contributed by atoms with Crippen LogP contribution >= 0.6 is 12.2 Å². The normalized spacial score (nSPS) is 31.2. The number of aliphatic hydroxyl groups is 7. The first kappa shape index (κ1) is 63.1. The van der Waals surface area contributed by atoms with Crippen LogP contribution in [0.4, 0.5) is 5.82 Å². The summed E-state index contributed by atoms with van der Waals surface area (Å²) in [6, 6.07) is 7.95. The van der Waals surface area contributed by atoms with Gasteiger partial charge in [0.05, 0.1) is 44.9 Å². The van der Waals surface area contributed by atoms with Crippen molar-refractivity contribution >= 4 is 79.1 Å². The molecule has 21 rings (SSSR count). The Hall–Kier alpha value is -10.4. The van der Waals surface area contributed by atoms with Crippen molar-refractivity contribution in [3.05, 3.63) is 97.1 Å². The Morgan fingerprint density at radius 2 is 0.960 bits per heavy atom. The van der Waals surface area contributed by atoms with Crippen LogP contribution in [0.5, 0.6) is 0 Å². The standard InChI is InChI=1S/C11H10N6O5.C11H14N6O4.C11H8N4O4S.C10H11N5O5.C10H10N4O3/c12-1-2-15-9(20)5-8-16(14-13-5)3-4-6(18)7(19)10(22-4)17(8)11(15)21;1-15(2)8-5-9-16(14-13-5)3-4-6(18)7(19)10(21-4)17(9)11(20)12-8;16-6-2-1-4-9-14(13-12-4)3-5-7-8(19-11(20)18-7)10(17-5)15(6)9;1-13-8(18)4-7-14(12-11-4)2-3-5(16)6(17)9(20-3)15(7)10(13)19;15-6-3-9-14-8(16)2-1-5-10(14)13(12-11-5)4-7(6)17-9/h4,6-7,10,18-19H,2-3H2;4,6-7,10,18-19H,3H2,1-2H3;1-2,5,7-8,10H,3H2;3,5-6,9,16-17H,2H2,1H3;1-2,6-7,9,15H,3-4H2/t2*4-,6?,7?,10-;5-,7?,8?,10-;3-,5?,6?,9-;6?,7-,9-/m11111/s1. The highest BCUT2D eigenvalue weighted by molar-refractivity contribution is 7.79. The van der Waals surface area contributed by atoms with Crippen LogP contribution in [-0.2, 0) is 79.5 Å². The molecule has 11 aliphatic rings. The van der Waals surface area contributed by atoms with Crippen molar-refractivity contribution < 1.29 is 68.9 Å². The highest BCUT2D eigenvalue weighted by Crippen LogP contribution is 2.42. The molecule has 522 valence electrons. The van der Waals surface area contributed by atoms with E-state index in [4.69, 9.17) is 50.6 Å². The minimum atomic E-state index is -1.33. The topological polar surface area (TPSA) is 554 Å². The van der Waals surface area contributed by atoms with Crippen molar-refractivity contribution in [2.45, 2.75) is 162 Å². The Morgan fingerprint density at radius 1 is 0.510 bits per heavy atom. The van der Waals surface area contributed by atoms with Crippen LogP contribution in [0.15, 0.2) is 57.8 Å². The van der Waals surface area contributed by atoms with Crippen molar-refractivity contribution in [1.29, 1.82) is 5.26 Å². The zero-order valence-electron chi connectivity index (χ0n) is 51.7. The summed E-state index contributed by atoms with van der Waals surface area (Å²) in [7, 11) is 4.82. The van der Waals surface area contributed by atoms with Crippen molar-refractivity contribution in [3.63, 3.8) is 0 Å². The zero-order chi connectivity index (χ0) is 69.7. The molecule has 19 atom stereocenters. The Morgan fingerprint density at radius 3 is 1.52 bits per heavy atom. The molecule has 11 aliphatic heterocycles. The number of nitrogens with zero attached hydrogens (tertiary/aromatic N) is 25. The second-order valence-electron chi connectivity index (χ2n) is 25.1. The molecule has 0 spiro atoms. The summed E-state index contributed by atoms with van der Waals surface area (Å²) in [5, 5.41) is 118. The number of nitriles is 1. The van der Waals surface area contributed by atoms with Gasteiger partial charge >= 0.3 is 22.3 Å². The van der Waals surface area contributed by atoms with Gasteiger partial charge in [-0.1, -0.05) is 26.1 Å². The van der Waals surface area contributed by atoms with Crippen LogP contribution in [0.2, 0.25) is 0 Å². The quantitative estimate of drug-likeness (QED) is 0.0790. The molecule has 10 bridgehead atoms. The molecule has 0 aliphatic carbocycles. The van der Waals surface area contributed by atoms with E-state index in [1.807, 2.05) is 0 Å². The minimum absolute atomic E-state index is 0.0324. The lowest BCUT2D eigenvalue weighted by molar-refractivity contribution is -0.0431. The van der Waals surface area contributed by atoms with Crippen LogP contribution in [0, 0.1) is 11.3 Å². The number of fused-ring (bicyclic) bond motifs is 18. The molecule has 10 aromatic heterocycles. The molecule has 9 unspecified atom stereocenters. The third-order valence-corrected chi connectivity index (χ3v) is 19.4. The first-order chi connectivity index (χ1) is 48.0. The fourth-order valence-electron chi connectivity index (χ4n) is 14.4. The molecule has 6 fully saturated rings. The molecule has 0 saturated carbocycles. The molecule has 6 saturated heterocycles. The lowest BCUT2D eigenvalue weighted by Crippen LogP contribution is -2.45. The number of anilines is 1. The van der Waals surface area contributed by atoms with Crippen LogP contribution in [0.25, 0.3) is 55.8 Å². The maximum absolute atomic E-state index is 12.5. The fourth-order valence-corrected chi connectivity index (χ4v) is 14.6. The predicted molar refractivity (Wildman–Crippen MR) is 325 cm³/mol. The van der Waals surface area contributed by atoms with E-state index >= 15 is 0 Å². The van der Waals surface area contributed by atoms with Crippen LogP contribution in [0.3, 0.4) is 0 Å². The molecule has 47 heteroatoms. The van der Waals surface area contributed by atoms with Crippen LogP contribution < -0.4 is 44.2 Å². The monoisotopic (exact) mass is 1410 g/mol. The molecular weight excluding hydrogens is 1350 g/mol. The fraction of sp³-hybridized carbons (Fsp3) is 0.547. The average molecular weight is 1410 g/mol.